The normalized spacial score (nSPS) is 11.1. The Kier molecular flexibility index (Phi) is 1.96. The Hall–Kier alpha value is -1.83. The predicted molar refractivity (Wildman–Crippen MR) is 53.3 cm³/mol. The molecule has 0 saturated heterocycles. The minimum Gasteiger partial charge on any atom is -0.329 e. The number of fused-ring (bicyclic) bond motifs is 1. The largest absolute Gasteiger partial charge is 0.329 e. The van der Waals surface area contributed by atoms with Crippen LogP contribution in [0.5, 0.6) is 0 Å². The molecule has 1 aromatic carbocycles. The third kappa shape index (κ3) is 1.51. The van der Waals surface area contributed by atoms with E-state index < -0.39 is 0 Å². The van der Waals surface area contributed by atoms with Gasteiger partial charge in [0.05, 0.1) is 0 Å². The van der Waals surface area contributed by atoms with E-state index in [-0.39, 0.29) is 0 Å². The molecule has 0 fully saturated rings. The molecule has 2 heteroatoms. The van der Waals surface area contributed by atoms with Gasteiger partial charge in [0.2, 0.25) is 0 Å². The molecule has 0 aliphatic rings. The van der Waals surface area contributed by atoms with Gasteiger partial charge in [-0.05, 0) is 16.8 Å². The van der Waals surface area contributed by atoms with Gasteiger partial charge < -0.3 is 4.57 Å². The summed E-state index contributed by atoms with van der Waals surface area (Å²) in [6.45, 7) is 0. The number of aromatic nitrogens is 1. The van der Waals surface area contributed by atoms with Gasteiger partial charge >= 0.3 is 0 Å². The van der Waals surface area contributed by atoms with Crippen LogP contribution < -0.4 is 0 Å². The van der Waals surface area contributed by atoms with Gasteiger partial charge in [-0.1, -0.05) is 24.3 Å². The average Bonchev–Trinajstić information content (AvgIpc) is 2.57. The molecule has 2 nitrogen and oxygen atoms in total. The Morgan fingerprint density at radius 1 is 1.08 bits per heavy atom. The molecule has 0 unspecified atom stereocenters. The molecule has 1 aromatic heterocycles. The highest BCUT2D eigenvalue weighted by molar-refractivity contribution is 5.83. The molecule has 13 heavy (non-hydrogen) atoms. The lowest BCUT2D eigenvalue weighted by molar-refractivity contribution is -0.104. The van der Waals surface area contributed by atoms with Crippen LogP contribution in [-0.4, -0.2) is 10.9 Å². The number of carbonyl (C=O) groups is 1. The lowest BCUT2D eigenvalue weighted by Gasteiger charge is -1.86. The summed E-state index contributed by atoms with van der Waals surface area (Å²) >= 11 is 0. The van der Waals surface area contributed by atoms with Crippen LogP contribution in [0, 0.1) is 0 Å². The fourth-order valence-electron chi connectivity index (χ4n) is 1.33. The van der Waals surface area contributed by atoms with E-state index in [1.165, 1.54) is 16.8 Å². The van der Waals surface area contributed by atoms with E-state index in [2.05, 4.69) is 0 Å². The molecule has 0 saturated carbocycles. The lowest BCUT2D eigenvalue weighted by Crippen LogP contribution is -1.77. The van der Waals surface area contributed by atoms with Gasteiger partial charge in [-0.3, -0.25) is 4.79 Å². The first kappa shape index (κ1) is 7.80. The van der Waals surface area contributed by atoms with Crippen LogP contribution in [0.4, 0.5) is 0 Å². The highest BCUT2D eigenvalue weighted by Gasteiger charge is 1.93. The molecule has 0 aliphatic heterocycles. The molecule has 1 heterocycles. The fraction of sp³-hybridized carbons (Fsp3) is 0. The zero-order chi connectivity index (χ0) is 9.10. The van der Waals surface area contributed by atoms with E-state index in [1.807, 2.05) is 41.2 Å². The van der Waals surface area contributed by atoms with Crippen molar-refractivity contribution < 1.29 is 4.79 Å². The van der Waals surface area contributed by atoms with Crippen molar-refractivity contribution in [2.75, 3.05) is 0 Å². The summed E-state index contributed by atoms with van der Waals surface area (Å²) < 4.78 is 1.87. The van der Waals surface area contributed by atoms with Crippen molar-refractivity contribution in [3.05, 3.63) is 42.7 Å². The summed E-state index contributed by atoms with van der Waals surface area (Å²) in [6.07, 6.45) is 7.93. The molecular weight excluding hydrogens is 162 g/mol. The highest BCUT2D eigenvalue weighted by Crippen LogP contribution is 2.14. The number of carbonyl (C=O) groups excluding carboxylic acids is 1. The second-order valence-corrected chi connectivity index (χ2v) is 2.81. The van der Waals surface area contributed by atoms with Gasteiger partial charge in [0.25, 0.3) is 0 Å². The van der Waals surface area contributed by atoms with Gasteiger partial charge in [-0.2, -0.15) is 0 Å². The molecule has 0 aliphatic carbocycles. The van der Waals surface area contributed by atoms with Crippen LogP contribution in [-0.2, 0) is 4.79 Å². The van der Waals surface area contributed by atoms with Crippen molar-refractivity contribution >= 4 is 23.3 Å². The monoisotopic (exact) mass is 171 g/mol. The van der Waals surface area contributed by atoms with Crippen molar-refractivity contribution in [1.82, 2.24) is 4.57 Å². The van der Waals surface area contributed by atoms with E-state index in [4.69, 9.17) is 0 Å². The number of aldehydes is 1. The number of hydrogen-bond acceptors (Lipinski definition) is 1. The number of benzene rings is 1. The van der Waals surface area contributed by atoms with Crippen molar-refractivity contribution in [3.63, 3.8) is 0 Å². The molecule has 2 rings (SSSR count). The zero-order valence-electron chi connectivity index (χ0n) is 7.05. The Bertz CT molecular complexity index is 421. The van der Waals surface area contributed by atoms with Crippen molar-refractivity contribution in [1.29, 1.82) is 0 Å². The maximum absolute atomic E-state index is 10.1. The van der Waals surface area contributed by atoms with E-state index in [0.29, 0.717) is 0 Å². The van der Waals surface area contributed by atoms with Gasteiger partial charge in [-0.25, -0.2) is 0 Å². The molecule has 2 aromatic rings. The molecule has 64 valence electrons. The van der Waals surface area contributed by atoms with E-state index in [0.717, 1.165) is 6.29 Å². The molecule has 0 spiro atoms. The lowest BCUT2D eigenvalue weighted by atomic mass is 10.2. The van der Waals surface area contributed by atoms with E-state index in [9.17, 15) is 4.79 Å². The SMILES string of the molecule is O=C/C=C/n1cc2ccccc2c1. The van der Waals surface area contributed by atoms with E-state index in [1.54, 1.807) is 6.20 Å². The average molecular weight is 171 g/mol. The third-order valence-electron chi connectivity index (χ3n) is 1.91. The molecule has 0 atom stereocenters. The Balaban J connectivity index is 2.49. The molecule has 0 N–H and O–H groups in total. The highest BCUT2D eigenvalue weighted by atomic mass is 16.1. The Morgan fingerprint density at radius 2 is 1.69 bits per heavy atom. The number of allylic oxidation sites excluding steroid dienone is 1. The summed E-state index contributed by atoms with van der Waals surface area (Å²) in [6, 6.07) is 8.08. The second-order valence-electron chi connectivity index (χ2n) is 2.81. The first-order valence-electron chi connectivity index (χ1n) is 4.08. The maximum Gasteiger partial charge on any atom is 0.144 e. The van der Waals surface area contributed by atoms with Crippen molar-refractivity contribution in [2.24, 2.45) is 0 Å². The number of hydrogen-bond donors (Lipinski definition) is 0. The quantitative estimate of drug-likeness (QED) is 0.502. The summed E-state index contributed by atoms with van der Waals surface area (Å²) in [5, 5.41) is 2.36. The molecule has 0 amide bonds. The standard InChI is InChI=1S/C11H9NO/c13-7-3-6-12-8-10-4-1-2-5-11(10)9-12/h1-9H/b6-3+. The minimum absolute atomic E-state index is 0.769. The van der Waals surface area contributed by atoms with Crippen LogP contribution in [0.15, 0.2) is 42.7 Å². The predicted octanol–water partition coefficient (Wildman–Crippen LogP) is 2.31. The smallest absolute Gasteiger partial charge is 0.144 e. The van der Waals surface area contributed by atoms with Crippen molar-refractivity contribution in [3.8, 4) is 0 Å². The van der Waals surface area contributed by atoms with Crippen molar-refractivity contribution in [2.45, 2.75) is 0 Å². The third-order valence-corrected chi connectivity index (χ3v) is 1.91. The first-order chi connectivity index (χ1) is 6.40. The van der Waals surface area contributed by atoms with Crippen LogP contribution in [0.25, 0.3) is 17.0 Å². The zero-order valence-corrected chi connectivity index (χ0v) is 7.05. The number of rotatable bonds is 2. The molecule has 0 radical (unpaired) electrons. The minimum atomic E-state index is 0.769. The maximum atomic E-state index is 10.1. The van der Waals surface area contributed by atoms with Gasteiger partial charge in [-0.15, -0.1) is 0 Å². The van der Waals surface area contributed by atoms with Crippen LogP contribution >= 0.6 is 0 Å². The van der Waals surface area contributed by atoms with Gasteiger partial charge in [0.15, 0.2) is 0 Å². The summed E-state index contributed by atoms with van der Waals surface area (Å²) in [4.78, 5) is 10.1. The topological polar surface area (TPSA) is 22.0 Å². The summed E-state index contributed by atoms with van der Waals surface area (Å²) in [7, 11) is 0. The second kappa shape index (κ2) is 3.27. The van der Waals surface area contributed by atoms with Crippen LogP contribution in [0.3, 0.4) is 0 Å². The fourth-order valence-corrected chi connectivity index (χ4v) is 1.33. The molecule has 0 bridgehead atoms. The van der Waals surface area contributed by atoms with Gasteiger partial charge in [0, 0.05) is 18.6 Å². The van der Waals surface area contributed by atoms with Crippen LogP contribution in [0.1, 0.15) is 0 Å². The van der Waals surface area contributed by atoms with Gasteiger partial charge in [0.1, 0.15) is 6.29 Å². The Morgan fingerprint density at radius 3 is 2.23 bits per heavy atom. The van der Waals surface area contributed by atoms with Crippen LogP contribution in [0.2, 0.25) is 0 Å². The molecular formula is C11H9NO. The number of nitrogens with zero attached hydrogens (tertiary/aromatic N) is 1. The Labute approximate surface area is 76.1 Å². The first-order valence-corrected chi connectivity index (χ1v) is 4.08. The summed E-state index contributed by atoms with van der Waals surface area (Å²) in [5.41, 5.74) is 0. The summed E-state index contributed by atoms with van der Waals surface area (Å²) in [5.74, 6) is 0. The van der Waals surface area contributed by atoms with E-state index >= 15 is 0 Å².